The van der Waals surface area contributed by atoms with Crippen molar-refractivity contribution in [1.29, 1.82) is 0 Å². The molecular weight excluding hydrogens is 282 g/mol. The van der Waals surface area contributed by atoms with Crippen LogP contribution in [0, 0.1) is 0 Å². The van der Waals surface area contributed by atoms with E-state index in [4.69, 9.17) is 4.74 Å². The average Bonchev–Trinajstić information content (AvgIpc) is 2.27. The first kappa shape index (κ1) is 14.2. The fourth-order valence-electron chi connectivity index (χ4n) is 1.68. The highest BCUT2D eigenvalue weighted by atomic mass is 79.9. The molecule has 1 aromatic rings. The molecule has 0 heterocycles. The summed E-state index contributed by atoms with van der Waals surface area (Å²) in [7, 11) is 3.65. The average molecular weight is 300 g/mol. The van der Waals surface area contributed by atoms with Crippen LogP contribution in [0.15, 0.2) is 22.7 Å². The van der Waals surface area contributed by atoms with Crippen molar-refractivity contribution < 1.29 is 9.53 Å². The van der Waals surface area contributed by atoms with E-state index in [0.29, 0.717) is 6.61 Å². The van der Waals surface area contributed by atoms with Crippen LogP contribution < -0.4 is 4.90 Å². The molecule has 1 rings (SSSR count). The molecule has 1 unspecified atom stereocenters. The first-order chi connectivity index (χ1) is 7.97. The van der Waals surface area contributed by atoms with Crippen molar-refractivity contribution >= 4 is 27.4 Å². The van der Waals surface area contributed by atoms with E-state index in [9.17, 15) is 4.79 Å². The summed E-state index contributed by atoms with van der Waals surface area (Å²) in [5.74, 6) is 0.0731. The van der Waals surface area contributed by atoms with Crippen molar-refractivity contribution in [2.24, 2.45) is 0 Å². The Morgan fingerprint density at radius 2 is 2.18 bits per heavy atom. The highest BCUT2D eigenvalue weighted by Gasteiger charge is 2.16. The predicted octanol–water partition coefficient (Wildman–Crippen LogP) is 3.12. The van der Waals surface area contributed by atoms with Crippen molar-refractivity contribution in [1.82, 2.24) is 0 Å². The van der Waals surface area contributed by atoms with Crippen LogP contribution in [-0.2, 0) is 4.74 Å². The van der Waals surface area contributed by atoms with E-state index >= 15 is 0 Å². The zero-order valence-corrected chi connectivity index (χ0v) is 12.2. The third kappa shape index (κ3) is 3.54. The number of nitrogens with zero attached hydrogens (tertiary/aromatic N) is 1. The van der Waals surface area contributed by atoms with Crippen molar-refractivity contribution in [3.05, 3.63) is 28.2 Å². The predicted molar refractivity (Wildman–Crippen MR) is 73.9 cm³/mol. The minimum atomic E-state index is 0.0731. The van der Waals surface area contributed by atoms with E-state index in [1.807, 2.05) is 25.2 Å². The molecule has 0 aliphatic rings. The molecule has 4 heteroatoms. The van der Waals surface area contributed by atoms with Gasteiger partial charge in [0.1, 0.15) is 0 Å². The van der Waals surface area contributed by atoms with Crippen molar-refractivity contribution in [3.8, 4) is 0 Å². The number of carbonyl (C=O) groups excluding carboxylic acids is 1. The van der Waals surface area contributed by atoms with E-state index in [1.165, 1.54) is 0 Å². The fourth-order valence-corrected chi connectivity index (χ4v) is 2.03. The first-order valence-electron chi connectivity index (χ1n) is 5.49. The third-order valence-corrected chi connectivity index (χ3v) is 3.28. The topological polar surface area (TPSA) is 29.5 Å². The van der Waals surface area contributed by atoms with E-state index in [-0.39, 0.29) is 11.8 Å². The minimum absolute atomic E-state index is 0.0731. The maximum absolute atomic E-state index is 11.6. The number of methoxy groups -OCH3 is 1. The van der Waals surface area contributed by atoms with Gasteiger partial charge in [0.15, 0.2) is 5.78 Å². The number of carbonyl (C=O) groups is 1. The normalized spacial score (nSPS) is 12.3. The molecule has 0 radical (unpaired) electrons. The van der Waals surface area contributed by atoms with E-state index in [1.54, 1.807) is 14.0 Å². The lowest BCUT2D eigenvalue weighted by Crippen LogP contribution is -2.33. The summed E-state index contributed by atoms with van der Waals surface area (Å²) in [5.41, 5.74) is 1.66. The maximum atomic E-state index is 11.6. The summed E-state index contributed by atoms with van der Waals surface area (Å²) in [6, 6.07) is 5.91. The molecule has 0 fully saturated rings. The second-order valence-electron chi connectivity index (χ2n) is 4.13. The van der Waals surface area contributed by atoms with Crippen molar-refractivity contribution in [2.75, 3.05) is 25.7 Å². The van der Waals surface area contributed by atoms with E-state index in [2.05, 4.69) is 27.8 Å². The molecule has 0 aromatic heterocycles. The smallest absolute Gasteiger partial charge is 0.161 e. The van der Waals surface area contributed by atoms with Crippen LogP contribution in [0.25, 0.3) is 0 Å². The highest BCUT2D eigenvalue weighted by molar-refractivity contribution is 9.10. The Kier molecular flexibility index (Phi) is 5.15. The van der Waals surface area contributed by atoms with E-state index in [0.717, 1.165) is 15.7 Å². The standard InChI is InChI=1S/C13H18BrNO2/c1-9(8-17-4)15(3)13-7-11(14)5-6-12(13)10(2)16/h5-7,9H,8H2,1-4H3. The van der Waals surface area contributed by atoms with Crippen molar-refractivity contribution in [3.63, 3.8) is 0 Å². The Morgan fingerprint density at radius 1 is 1.53 bits per heavy atom. The molecular formula is C13H18BrNO2. The zero-order chi connectivity index (χ0) is 13.0. The number of anilines is 1. The van der Waals surface area contributed by atoms with Crippen LogP contribution in [0.5, 0.6) is 0 Å². The molecule has 0 saturated heterocycles. The largest absolute Gasteiger partial charge is 0.383 e. The number of rotatable bonds is 5. The number of benzene rings is 1. The Labute approximate surface area is 111 Å². The number of hydrogen-bond acceptors (Lipinski definition) is 3. The highest BCUT2D eigenvalue weighted by Crippen LogP contribution is 2.26. The Bertz CT molecular complexity index is 406. The summed E-state index contributed by atoms with van der Waals surface area (Å²) in [6.07, 6.45) is 0. The van der Waals surface area contributed by atoms with Gasteiger partial charge in [-0.2, -0.15) is 0 Å². The van der Waals surface area contributed by atoms with Crippen LogP contribution in [0.3, 0.4) is 0 Å². The SMILES string of the molecule is COCC(C)N(C)c1cc(Br)ccc1C(C)=O. The van der Waals surface area contributed by atoms with Gasteiger partial charge in [-0.3, -0.25) is 4.79 Å². The molecule has 94 valence electrons. The summed E-state index contributed by atoms with van der Waals surface area (Å²) in [5, 5.41) is 0. The molecule has 1 aromatic carbocycles. The van der Waals surface area contributed by atoms with Gasteiger partial charge in [0.05, 0.1) is 6.61 Å². The molecule has 1 atom stereocenters. The van der Waals surface area contributed by atoms with Crippen molar-refractivity contribution in [2.45, 2.75) is 19.9 Å². The molecule has 3 nitrogen and oxygen atoms in total. The molecule has 0 bridgehead atoms. The minimum Gasteiger partial charge on any atom is -0.383 e. The van der Waals surface area contributed by atoms with Gasteiger partial charge in [-0.05, 0) is 32.0 Å². The second kappa shape index (κ2) is 6.17. The van der Waals surface area contributed by atoms with Crippen LogP contribution >= 0.6 is 15.9 Å². The number of ether oxygens (including phenoxy) is 1. The van der Waals surface area contributed by atoms with Gasteiger partial charge in [-0.25, -0.2) is 0 Å². The summed E-state index contributed by atoms with van der Waals surface area (Å²) in [6.45, 7) is 4.27. The van der Waals surface area contributed by atoms with Crippen LogP contribution in [0.4, 0.5) is 5.69 Å². The molecule has 0 saturated carbocycles. The van der Waals surface area contributed by atoms with Crippen LogP contribution in [0.2, 0.25) is 0 Å². The monoisotopic (exact) mass is 299 g/mol. The van der Waals surface area contributed by atoms with Crippen LogP contribution in [0.1, 0.15) is 24.2 Å². The second-order valence-corrected chi connectivity index (χ2v) is 5.05. The number of ketones is 1. The van der Waals surface area contributed by atoms with Gasteiger partial charge in [0.2, 0.25) is 0 Å². The van der Waals surface area contributed by atoms with Gasteiger partial charge in [-0.15, -0.1) is 0 Å². The molecule has 0 amide bonds. The van der Waals surface area contributed by atoms with E-state index < -0.39 is 0 Å². The number of likely N-dealkylation sites (N-methyl/N-ethyl adjacent to an activating group) is 1. The number of hydrogen-bond donors (Lipinski definition) is 0. The fraction of sp³-hybridized carbons (Fsp3) is 0.462. The zero-order valence-electron chi connectivity index (χ0n) is 10.7. The summed E-state index contributed by atoms with van der Waals surface area (Å²) >= 11 is 3.43. The lowest BCUT2D eigenvalue weighted by atomic mass is 10.1. The molecule has 0 N–H and O–H groups in total. The first-order valence-corrected chi connectivity index (χ1v) is 6.29. The Balaban J connectivity index is 3.10. The van der Waals surface area contributed by atoms with Gasteiger partial charge in [0, 0.05) is 35.9 Å². The van der Waals surface area contributed by atoms with Gasteiger partial charge in [-0.1, -0.05) is 15.9 Å². The molecule has 0 aliphatic carbocycles. The van der Waals surface area contributed by atoms with Gasteiger partial charge in [0.25, 0.3) is 0 Å². The Morgan fingerprint density at radius 3 is 2.71 bits per heavy atom. The van der Waals surface area contributed by atoms with Gasteiger partial charge >= 0.3 is 0 Å². The lowest BCUT2D eigenvalue weighted by molar-refractivity contribution is 0.101. The molecule has 17 heavy (non-hydrogen) atoms. The maximum Gasteiger partial charge on any atom is 0.161 e. The van der Waals surface area contributed by atoms with Gasteiger partial charge < -0.3 is 9.64 Å². The number of Topliss-reactive ketones (excluding diaryl/α,β-unsaturated/α-hetero) is 1. The lowest BCUT2D eigenvalue weighted by Gasteiger charge is -2.28. The summed E-state index contributed by atoms with van der Waals surface area (Å²) < 4.78 is 6.11. The Hall–Kier alpha value is -0.870. The number of halogens is 1. The molecule has 0 spiro atoms. The summed E-state index contributed by atoms with van der Waals surface area (Å²) in [4.78, 5) is 13.6. The quantitative estimate of drug-likeness (QED) is 0.783. The van der Waals surface area contributed by atoms with Crippen LogP contribution in [-0.4, -0.2) is 32.6 Å². The molecule has 0 aliphatic heterocycles. The third-order valence-electron chi connectivity index (χ3n) is 2.79.